The van der Waals surface area contributed by atoms with Crippen molar-refractivity contribution in [1.29, 1.82) is 0 Å². The largest absolute Gasteiger partial charge is 0.391 e. The third kappa shape index (κ3) is 1.54. The molecule has 0 unspecified atom stereocenters. The molecule has 1 N–H and O–H groups in total. The highest BCUT2D eigenvalue weighted by atomic mass is 16.3. The average Bonchev–Trinajstić information content (AvgIpc) is 2.05. The number of aromatic nitrogens is 1. The molecule has 0 spiro atoms. The molecule has 0 aliphatic rings. The second-order valence-corrected chi connectivity index (χ2v) is 2.20. The van der Waals surface area contributed by atoms with Gasteiger partial charge in [0.25, 0.3) is 0 Å². The zero-order valence-corrected chi connectivity index (χ0v) is 6.12. The van der Waals surface area contributed by atoms with E-state index in [1.165, 1.54) is 0 Å². The molecule has 2 heteroatoms. The molecule has 0 bridgehead atoms. The van der Waals surface area contributed by atoms with E-state index in [-0.39, 0.29) is 6.61 Å². The Morgan fingerprint density at radius 3 is 3.00 bits per heavy atom. The standard InChI is InChI=1S/C8H12NO/c1-2-9-5-3-4-8(6-9)7-10/h3-6,10H,2,7H2,1H3/q+1. The number of aryl methyl sites for hydroxylation is 1. The van der Waals surface area contributed by atoms with Gasteiger partial charge in [-0.2, -0.15) is 0 Å². The Bertz CT molecular complexity index is 191. The van der Waals surface area contributed by atoms with Crippen molar-refractivity contribution in [3.63, 3.8) is 0 Å². The molecule has 1 aromatic rings. The van der Waals surface area contributed by atoms with Gasteiger partial charge in [-0.15, -0.1) is 0 Å². The molecule has 0 amide bonds. The molecule has 0 aliphatic heterocycles. The Kier molecular flexibility index (Phi) is 2.40. The minimum absolute atomic E-state index is 0.126. The number of hydrogen-bond donors (Lipinski definition) is 1. The highest BCUT2D eigenvalue weighted by molar-refractivity contribution is 5.02. The van der Waals surface area contributed by atoms with E-state index < -0.39 is 0 Å². The first-order chi connectivity index (χ1) is 4.86. The molecule has 0 aliphatic carbocycles. The fourth-order valence-electron chi connectivity index (χ4n) is 0.866. The minimum Gasteiger partial charge on any atom is -0.391 e. The molecule has 0 aromatic carbocycles. The molecular weight excluding hydrogens is 126 g/mol. The third-order valence-electron chi connectivity index (χ3n) is 1.47. The van der Waals surface area contributed by atoms with Crippen LogP contribution in [0.25, 0.3) is 0 Å². The van der Waals surface area contributed by atoms with Crippen molar-refractivity contribution in [2.24, 2.45) is 0 Å². The molecule has 0 saturated heterocycles. The molecular formula is C8H12NO+. The van der Waals surface area contributed by atoms with Crippen LogP contribution in [-0.4, -0.2) is 5.11 Å². The predicted molar refractivity (Wildman–Crippen MR) is 38.2 cm³/mol. The molecule has 1 heterocycles. The minimum atomic E-state index is 0.126. The number of aliphatic hydroxyl groups is 1. The van der Waals surface area contributed by atoms with Gasteiger partial charge in [0.1, 0.15) is 6.54 Å². The van der Waals surface area contributed by atoms with Gasteiger partial charge in [0.15, 0.2) is 12.4 Å². The molecule has 10 heavy (non-hydrogen) atoms. The lowest BCUT2D eigenvalue weighted by atomic mass is 10.3. The van der Waals surface area contributed by atoms with E-state index in [1.807, 2.05) is 29.1 Å². The first kappa shape index (κ1) is 7.22. The van der Waals surface area contributed by atoms with Gasteiger partial charge in [-0.25, -0.2) is 4.57 Å². The van der Waals surface area contributed by atoms with Crippen LogP contribution in [0.15, 0.2) is 24.5 Å². The summed E-state index contributed by atoms with van der Waals surface area (Å²) < 4.78 is 2.03. The van der Waals surface area contributed by atoms with Gasteiger partial charge < -0.3 is 5.11 Å². The van der Waals surface area contributed by atoms with Crippen molar-refractivity contribution < 1.29 is 9.67 Å². The van der Waals surface area contributed by atoms with E-state index >= 15 is 0 Å². The lowest BCUT2D eigenvalue weighted by molar-refractivity contribution is -0.694. The Balaban J connectivity index is 2.87. The van der Waals surface area contributed by atoms with E-state index in [4.69, 9.17) is 5.11 Å². The second-order valence-electron chi connectivity index (χ2n) is 2.20. The maximum atomic E-state index is 8.74. The zero-order valence-electron chi connectivity index (χ0n) is 6.12. The van der Waals surface area contributed by atoms with Crippen molar-refractivity contribution >= 4 is 0 Å². The van der Waals surface area contributed by atoms with Gasteiger partial charge in [-0.05, 0) is 13.0 Å². The number of nitrogens with zero attached hydrogens (tertiary/aromatic N) is 1. The summed E-state index contributed by atoms with van der Waals surface area (Å²) in [5, 5.41) is 8.74. The lowest BCUT2D eigenvalue weighted by Crippen LogP contribution is -2.31. The second kappa shape index (κ2) is 3.32. The number of rotatable bonds is 2. The van der Waals surface area contributed by atoms with Gasteiger partial charge in [0.2, 0.25) is 0 Å². The summed E-state index contributed by atoms with van der Waals surface area (Å²) in [5.74, 6) is 0. The van der Waals surface area contributed by atoms with Crippen molar-refractivity contribution in [3.05, 3.63) is 30.1 Å². The van der Waals surface area contributed by atoms with Crippen LogP contribution in [-0.2, 0) is 13.2 Å². The summed E-state index contributed by atoms with van der Waals surface area (Å²) in [7, 11) is 0. The van der Waals surface area contributed by atoms with Crippen molar-refractivity contribution in [3.8, 4) is 0 Å². The van der Waals surface area contributed by atoms with Gasteiger partial charge in [-0.1, -0.05) is 0 Å². The average molecular weight is 138 g/mol. The normalized spacial score (nSPS) is 9.80. The maximum absolute atomic E-state index is 8.74. The fraction of sp³-hybridized carbons (Fsp3) is 0.375. The quantitative estimate of drug-likeness (QED) is 0.591. The molecule has 2 nitrogen and oxygen atoms in total. The molecule has 1 aromatic heterocycles. The van der Waals surface area contributed by atoms with Crippen molar-refractivity contribution in [1.82, 2.24) is 0 Å². The molecule has 0 saturated carbocycles. The maximum Gasteiger partial charge on any atom is 0.174 e. The lowest BCUT2D eigenvalue weighted by Gasteiger charge is -1.93. The molecule has 0 atom stereocenters. The van der Waals surface area contributed by atoms with Crippen LogP contribution in [0.3, 0.4) is 0 Å². The first-order valence-electron chi connectivity index (χ1n) is 3.45. The Morgan fingerprint density at radius 1 is 1.60 bits per heavy atom. The SMILES string of the molecule is CC[n+]1cccc(CO)c1. The van der Waals surface area contributed by atoms with Crippen LogP contribution >= 0.6 is 0 Å². The monoisotopic (exact) mass is 138 g/mol. The van der Waals surface area contributed by atoms with E-state index in [9.17, 15) is 0 Å². The fourth-order valence-corrected chi connectivity index (χ4v) is 0.866. The smallest absolute Gasteiger partial charge is 0.174 e. The summed E-state index contributed by atoms with van der Waals surface area (Å²) in [6.45, 7) is 3.15. The van der Waals surface area contributed by atoms with E-state index in [2.05, 4.69) is 6.92 Å². The zero-order chi connectivity index (χ0) is 7.40. The van der Waals surface area contributed by atoms with Crippen LogP contribution in [0, 0.1) is 0 Å². The van der Waals surface area contributed by atoms with Crippen LogP contribution in [0.4, 0.5) is 0 Å². The number of aliphatic hydroxyl groups excluding tert-OH is 1. The number of pyridine rings is 1. The third-order valence-corrected chi connectivity index (χ3v) is 1.47. The molecule has 1 rings (SSSR count). The summed E-state index contributed by atoms with van der Waals surface area (Å²) >= 11 is 0. The number of hydrogen-bond acceptors (Lipinski definition) is 1. The van der Waals surface area contributed by atoms with Gasteiger partial charge in [-0.3, -0.25) is 0 Å². The molecule has 0 radical (unpaired) electrons. The summed E-state index contributed by atoms with van der Waals surface area (Å²) in [6.07, 6.45) is 3.93. The van der Waals surface area contributed by atoms with Gasteiger partial charge >= 0.3 is 0 Å². The topological polar surface area (TPSA) is 24.1 Å². The van der Waals surface area contributed by atoms with E-state index in [1.54, 1.807) is 0 Å². The Hall–Kier alpha value is -0.890. The molecule has 54 valence electrons. The van der Waals surface area contributed by atoms with Crippen LogP contribution in [0.5, 0.6) is 0 Å². The Morgan fingerprint density at radius 2 is 2.40 bits per heavy atom. The van der Waals surface area contributed by atoms with E-state index in [0.29, 0.717) is 0 Å². The summed E-state index contributed by atoms with van der Waals surface area (Å²) in [5.41, 5.74) is 0.962. The van der Waals surface area contributed by atoms with E-state index in [0.717, 1.165) is 12.1 Å². The summed E-state index contributed by atoms with van der Waals surface area (Å²) in [4.78, 5) is 0. The van der Waals surface area contributed by atoms with Gasteiger partial charge in [0.05, 0.1) is 6.61 Å². The molecule has 0 fully saturated rings. The predicted octanol–water partition coefficient (Wildman–Crippen LogP) is 0.486. The van der Waals surface area contributed by atoms with Crippen LogP contribution in [0.1, 0.15) is 12.5 Å². The van der Waals surface area contributed by atoms with Crippen molar-refractivity contribution in [2.45, 2.75) is 20.1 Å². The van der Waals surface area contributed by atoms with Crippen molar-refractivity contribution in [2.75, 3.05) is 0 Å². The summed E-state index contributed by atoms with van der Waals surface area (Å²) in [6, 6.07) is 3.85. The highest BCUT2D eigenvalue weighted by Crippen LogP contribution is 1.91. The first-order valence-corrected chi connectivity index (χ1v) is 3.45. The van der Waals surface area contributed by atoms with Gasteiger partial charge in [0, 0.05) is 11.6 Å². The Labute approximate surface area is 60.8 Å². The highest BCUT2D eigenvalue weighted by Gasteiger charge is 1.96. The van der Waals surface area contributed by atoms with Crippen LogP contribution < -0.4 is 4.57 Å². The van der Waals surface area contributed by atoms with Crippen LogP contribution in [0.2, 0.25) is 0 Å².